The molecule has 3 rings (SSSR count). The molecule has 0 spiro atoms. The fourth-order valence-electron chi connectivity index (χ4n) is 2.78. The second kappa shape index (κ2) is 7.59. The number of nitrogens with one attached hydrogen (secondary N) is 1. The summed E-state index contributed by atoms with van der Waals surface area (Å²) in [5, 5.41) is 3.03. The number of hydrogen-bond donors (Lipinski definition) is 1. The minimum Gasteiger partial charge on any atom is -0.463 e. The normalized spacial score (nSPS) is 11.9. The number of furan rings is 1. The molecule has 0 radical (unpaired) electrons. The van der Waals surface area contributed by atoms with Crippen molar-refractivity contribution in [2.45, 2.75) is 25.8 Å². The Hall–Kier alpha value is -2.88. The summed E-state index contributed by atoms with van der Waals surface area (Å²) >= 11 is 0. The number of aromatic nitrogens is 1. The number of carbonyl (C=O) groups is 1. The lowest BCUT2D eigenvalue weighted by Crippen LogP contribution is -2.29. The van der Waals surface area contributed by atoms with E-state index in [2.05, 4.69) is 10.3 Å². The van der Waals surface area contributed by atoms with Crippen LogP contribution in [0.15, 0.2) is 71.5 Å². The van der Waals surface area contributed by atoms with Gasteiger partial charge in [-0.25, -0.2) is 0 Å². The summed E-state index contributed by atoms with van der Waals surface area (Å²) in [6.45, 7) is 2.45. The highest BCUT2D eigenvalue weighted by Crippen LogP contribution is 2.23. The minimum absolute atomic E-state index is 0.0259. The van der Waals surface area contributed by atoms with E-state index >= 15 is 0 Å². The Morgan fingerprint density at radius 3 is 2.67 bits per heavy atom. The van der Waals surface area contributed by atoms with Crippen LogP contribution < -0.4 is 5.32 Å². The lowest BCUT2D eigenvalue weighted by atomic mass is 9.95. The van der Waals surface area contributed by atoms with Crippen LogP contribution in [0.1, 0.15) is 30.4 Å². The average Bonchev–Trinajstić information content (AvgIpc) is 3.16. The SMILES string of the molecule is CCC(C(=O)NCc1cccnc1-c1ccco1)c1ccccc1. The maximum atomic E-state index is 12.6. The molecule has 0 aliphatic carbocycles. The van der Waals surface area contributed by atoms with Crippen molar-refractivity contribution in [2.24, 2.45) is 0 Å². The first kappa shape index (κ1) is 16.0. The highest BCUT2D eigenvalue weighted by atomic mass is 16.3. The molecule has 122 valence electrons. The third-order valence-corrected chi connectivity index (χ3v) is 4.03. The van der Waals surface area contributed by atoms with E-state index in [0.29, 0.717) is 12.3 Å². The lowest BCUT2D eigenvalue weighted by molar-refractivity contribution is -0.122. The van der Waals surface area contributed by atoms with Gasteiger partial charge >= 0.3 is 0 Å². The van der Waals surface area contributed by atoms with Gasteiger partial charge in [-0.15, -0.1) is 0 Å². The molecule has 3 aromatic rings. The van der Waals surface area contributed by atoms with Crippen LogP contribution in [0.5, 0.6) is 0 Å². The predicted molar refractivity (Wildman–Crippen MR) is 93.3 cm³/mol. The second-order valence-corrected chi connectivity index (χ2v) is 5.58. The van der Waals surface area contributed by atoms with Crippen molar-refractivity contribution in [3.05, 3.63) is 78.2 Å². The Bertz CT molecular complexity index is 782. The minimum atomic E-state index is -0.144. The Morgan fingerprint density at radius 1 is 1.12 bits per heavy atom. The van der Waals surface area contributed by atoms with Crippen LogP contribution in [0.3, 0.4) is 0 Å². The van der Waals surface area contributed by atoms with Gasteiger partial charge in [0.15, 0.2) is 5.76 Å². The van der Waals surface area contributed by atoms with E-state index in [1.165, 1.54) is 0 Å². The van der Waals surface area contributed by atoms with Gasteiger partial charge in [0.25, 0.3) is 0 Å². The highest BCUT2D eigenvalue weighted by molar-refractivity contribution is 5.83. The molecule has 4 nitrogen and oxygen atoms in total. The van der Waals surface area contributed by atoms with Crippen LogP contribution in [0.2, 0.25) is 0 Å². The van der Waals surface area contributed by atoms with Crippen molar-refractivity contribution in [3.8, 4) is 11.5 Å². The molecule has 24 heavy (non-hydrogen) atoms. The third-order valence-electron chi connectivity index (χ3n) is 4.03. The van der Waals surface area contributed by atoms with Gasteiger partial charge in [-0.2, -0.15) is 0 Å². The fraction of sp³-hybridized carbons (Fsp3) is 0.200. The van der Waals surface area contributed by atoms with Gasteiger partial charge in [-0.1, -0.05) is 43.3 Å². The molecule has 1 aromatic carbocycles. The Balaban J connectivity index is 1.73. The number of carbonyl (C=O) groups excluding carboxylic acids is 1. The molecular weight excluding hydrogens is 300 g/mol. The van der Waals surface area contributed by atoms with E-state index in [1.807, 2.05) is 61.5 Å². The number of amides is 1. The van der Waals surface area contributed by atoms with Crippen LogP contribution in [0, 0.1) is 0 Å². The largest absolute Gasteiger partial charge is 0.463 e. The molecular formula is C20H20N2O2. The molecule has 0 bridgehead atoms. The lowest BCUT2D eigenvalue weighted by Gasteiger charge is -2.16. The smallest absolute Gasteiger partial charge is 0.227 e. The van der Waals surface area contributed by atoms with Gasteiger partial charge in [0.1, 0.15) is 5.69 Å². The van der Waals surface area contributed by atoms with Crippen LogP contribution in [-0.4, -0.2) is 10.9 Å². The van der Waals surface area contributed by atoms with Crippen molar-refractivity contribution in [2.75, 3.05) is 0 Å². The Kier molecular flexibility index (Phi) is 5.06. The van der Waals surface area contributed by atoms with Crippen LogP contribution in [0.4, 0.5) is 0 Å². The quantitative estimate of drug-likeness (QED) is 0.742. The third kappa shape index (κ3) is 3.54. The summed E-state index contributed by atoms with van der Waals surface area (Å²) in [5.74, 6) is 0.586. The highest BCUT2D eigenvalue weighted by Gasteiger charge is 2.18. The van der Waals surface area contributed by atoms with E-state index in [-0.39, 0.29) is 11.8 Å². The molecule has 0 saturated heterocycles. The molecule has 1 amide bonds. The molecule has 1 atom stereocenters. The van der Waals surface area contributed by atoms with Gasteiger partial charge in [0.2, 0.25) is 5.91 Å². The summed E-state index contributed by atoms with van der Waals surface area (Å²) in [7, 11) is 0. The maximum absolute atomic E-state index is 12.6. The molecule has 0 aliphatic rings. The van der Waals surface area contributed by atoms with E-state index in [1.54, 1.807) is 12.5 Å². The van der Waals surface area contributed by atoms with Crippen molar-refractivity contribution < 1.29 is 9.21 Å². The zero-order valence-corrected chi connectivity index (χ0v) is 13.6. The van der Waals surface area contributed by atoms with Crippen LogP contribution in [0.25, 0.3) is 11.5 Å². The molecule has 2 aromatic heterocycles. The van der Waals surface area contributed by atoms with Gasteiger partial charge in [0.05, 0.1) is 12.2 Å². The number of rotatable bonds is 6. The monoisotopic (exact) mass is 320 g/mol. The summed E-state index contributed by atoms with van der Waals surface area (Å²) in [6.07, 6.45) is 4.10. The van der Waals surface area contributed by atoms with E-state index in [4.69, 9.17) is 4.42 Å². The van der Waals surface area contributed by atoms with Gasteiger partial charge in [0, 0.05) is 18.3 Å². The van der Waals surface area contributed by atoms with Crippen molar-refractivity contribution in [3.63, 3.8) is 0 Å². The van der Waals surface area contributed by atoms with Crippen LogP contribution >= 0.6 is 0 Å². The first-order valence-electron chi connectivity index (χ1n) is 8.10. The summed E-state index contributed by atoms with van der Waals surface area (Å²) in [6, 6.07) is 17.4. The van der Waals surface area contributed by atoms with Crippen LogP contribution in [-0.2, 0) is 11.3 Å². The average molecular weight is 320 g/mol. The molecule has 0 saturated carbocycles. The number of hydrogen-bond acceptors (Lipinski definition) is 3. The Labute approximate surface area is 141 Å². The van der Waals surface area contributed by atoms with E-state index in [0.717, 1.165) is 23.2 Å². The Morgan fingerprint density at radius 2 is 1.96 bits per heavy atom. The summed E-state index contributed by atoms with van der Waals surface area (Å²) in [5.41, 5.74) is 2.73. The van der Waals surface area contributed by atoms with Gasteiger partial charge < -0.3 is 9.73 Å². The van der Waals surface area contributed by atoms with Crippen molar-refractivity contribution in [1.29, 1.82) is 0 Å². The zero-order chi connectivity index (χ0) is 16.8. The summed E-state index contributed by atoms with van der Waals surface area (Å²) < 4.78 is 5.43. The molecule has 2 heterocycles. The molecule has 1 N–H and O–H groups in total. The predicted octanol–water partition coefficient (Wildman–Crippen LogP) is 4.15. The second-order valence-electron chi connectivity index (χ2n) is 5.58. The topological polar surface area (TPSA) is 55.1 Å². The standard InChI is InChI=1S/C20H20N2O2/c1-2-17(15-8-4-3-5-9-15)20(23)22-14-16-10-6-12-21-19(16)18-11-7-13-24-18/h3-13,17H,2,14H2,1H3,(H,22,23). The molecule has 4 heteroatoms. The molecule has 0 aliphatic heterocycles. The summed E-state index contributed by atoms with van der Waals surface area (Å²) in [4.78, 5) is 17.0. The van der Waals surface area contributed by atoms with Crippen molar-refractivity contribution >= 4 is 5.91 Å². The van der Waals surface area contributed by atoms with Gasteiger partial charge in [-0.3, -0.25) is 9.78 Å². The number of pyridine rings is 1. The van der Waals surface area contributed by atoms with E-state index < -0.39 is 0 Å². The first-order chi connectivity index (χ1) is 11.8. The fourth-order valence-corrected chi connectivity index (χ4v) is 2.78. The number of benzene rings is 1. The van der Waals surface area contributed by atoms with Crippen molar-refractivity contribution in [1.82, 2.24) is 10.3 Å². The van der Waals surface area contributed by atoms with Gasteiger partial charge in [-0.05, 0) is 30.2 Å². The van der Waals surface area contributed by atoms with E-state index in [9.17, 15) is 4.79 Å². The first-order valence-corrected chi connectivity index (χ1v) is 8.10. The zero-order valence-electron chi connectivity index (χ0n) is 13.6. The molecule has 1 unspecified atom stereocenters. The molecule has 0 fully saturated rings. The maximum Gasteiger partial charge on any atom is 0.227 e. The number of nitrogens with zero attached hydrogens (tertiary/aromatic N) is 1.